The molecular formula is C33H59N5O10. The van der Waals surface area contributed by atoms with Crippen LogP contribution in [0.2, 0.25) is 0 Å². The van der Waals surface area contributed by atoms with Crippen LogP contribution in [-0.2, 0) is 33.6 Å². The van der Waals surface area contributed by atoms with Gasteiger partial charge in [0.05, 0.1) is 6.54 Å². The summed E-state index contributed by atoms with van der Waals surface area (Å²) >= 11 is 0. The van der Waals surface area contributed by atoms with Gasteiger partial charge in [0, 0.05) is 19.3 Å². The van der Waals surface area contributed by atoms with Crippen molar-refractivity contribution in [2.45, 2.75) is 147 Å². The van der Waals surface area contributed by atoms with Crippen molar-refractivity contribution in [2.24, 2.45) is 5.73 Å². The molecule has 0 aliphatic rings. The van der Waals surface area contributed by atoms with E-state index < -0.39 is 66.7 Å². The highest BCUT2D eigenvalue weighted by Gasteiger charge is 2.24. The van der Waals surface area contributed by atoms with Gasteiger partial charge in [-0.3, -0.25) is 28.8 Å². The molecule has 0 radical (unpaired) electrons. The van der Waals surface area contributed by atoms with Crippen molar-refractivity contribution < 1.29 is 48.9 Å². The highest BCUT2D eigenvalue weighted by atomic mass is 16.4. The van der Waals surface area contributed by atoms with Crippen LogP contribution in [0.25, 0.3) is 0 Å². The first kappa shape index (κ1) is 44.2. The van der Waals surface area contributed by atoms with Crippen LogP contribution in [-0.4, -0.2) is 88.6 Å². The summed E-state index contributed by atoms with van der Waals surface area (Å²) in [5.41, 5.74) is 5.51. The van der Waals surface area contributed by atoms with Crippen LogP contribution < -0.4 is 27.0 Å². The van der Waals surface area contributed by atoms with Crippen LogP contribution in [0, 0.1) is 0 Å². The van der Waals surface area contributed by atoms with Gasteiger partial charge in [-0.15, -0.1) is 0 Å². The zero-order chi connectivity index (χ0) is 36.0. The lowest BCUT2D eigenvalue weighted by molar-refractivity contribution is -0.142. The van der Waals surface area contributed by atoms with Crippen LogP contribution in [0.15, 0.2) is 0 Å². The van der Waals surface area contributed by atoms with Crippen molar-refractivity contribution in [2.75, 3.05) is 19.6 Å². The smallest absolute Gasteiger partial charge is 0.326 e. The summed E-state index contributed by atoms with van der Waals surface area (Å²) in [7, 11) is 0. The molecule has 0 aromatic rings. The Morgan fingerprint density at radius 2 is 0.938 bits per heavy atom. The molecular weight excluding hydrogens is 626 g/mol. The van der Waals surface area contributed by atoms with Gasteiger partial charge in [0.15, 0.2) is 0 Å². The Morgan fingerprint density at radius 3 is 1.42 bits per heavy atom. The van der Waals surface area contributed by atoms with Crippen molar-refractivity contribution in [3.8, 4) is 0 Å². The molecule has 0 aliphatic carbocycles. The zero-order valence-corrected chi connectivity index (χ0v) is 28.4. The molecule has 0 fully saturated rings. The van der Waals surface area contributed by atoms with Crippen molar-refractivity contribution >= 4 is 41.5 Å². The van der Waals surface area contributed by atoms with Gasteiger partial charge in [-0.1, -0.05) is 77.0 Å². The number of carbonyl (C=O) groups is 7. The molecule has 9 N–H and O–H groups in total. The minimum atomic E-state index is -1.27. The van der Waals surface area contributed by atoms with E-state index in [-0.39, 0.29) is 32.1 Å². The molecule has 15 nitrogen and oxygen atoms in total. The van der Waals surface area contributed by atoms with E-state index in [9.17, 15) is 38.7 Å². The number of carboxylic acid groups (broad SMARTS) is 3. The maximum atomic E-state index is 12.6. The Balaban J connectivity index is 4.24. The van der Waals surface area contributed by atoms with Gasteiger partial charge in [0.2, 0.25) is 23.6 Å². The zero-order valence-electron chi connectivity index (χ0n) is 28.4. The van der Waals surface area contributed by atoms with Gasteiger partial charge in [-0.2, -0.15) is 0 Å². The first-order valence-corrected chi connectivity index (χ1v) is 17.5. The van der Waals surface area contributed by atoms with Gasteiger partial charge >= 0.3 is 17.9 Å². The van der Waals surface area contributed by atoms with E-state index in [1.807, 2.05) is 0 Å². The minimum Gasteiger partial charge on any atom is -0.481 e. The van der Waals surface area contributed by atoms with E-state index in [1.165, 1.54) is 32.1 Å². The van der Waals surface area contributed by atoms with Crippen LogP contribution in [0.5, 0.6) is 0 Å². The Labute approximate surface area is 283 Å². The molecule has 48 heavy (non-hydrogen) atoms. The van der Waals surface area contributed by atoms with Crippen LogP contribution in [0.3, 0.4) is 0 Å². The first-order valence-electron chi connectivity index (χ1n) is 17.5. The van der Waals surface area contributed by atoms with E-state index in [1.54, 1.807) is 0 Å². The quantitative estimate of drug-likeness (QED) is 0.0478. The van der Waals surface area contributed by atoms with Gasteiger partial charge in [0.25, 0.3) is 0 Å². The van der Waals surface area contributed by atoms with Crippen LogP contribution in [0.4, 0.5) is 0 Å². The number of aliphatic carboxylic acids is 3. The van der Waals surface area contributed by atoms with E-state index in [4.69, 9.17) is 15.9 Å². The summed E-state index contributed by atoms with van der Waals surface area (Å²) in [6.07, 6.45) is 16.1. The molecule has 0 spiro atoms. The molecule has 2 unspecified atom stereocenters. The van der Waals surface area contributed by atoms with E-state index in [2.05, 4.69) is 21.3 Å². The van der Waals surface area contributed by atoms with Crippen molar-refractivity contribution in [3.63, 3.8) is 0 Å². The van der Waals surface area contributed by atoms with Gasteiger partial charge in [-0.05, 0) is 45.1 Å². The summed E-state index contributed by atoms with van der Waals surface area (Å²) in [6, 6.07) is -2.27. The Morgan fingerprint density at radius 1 is 0.458 bits per heavy atom. The number of carboxylic acids is 3. The van der Waals surface area contributed by atoms with Gasteiger partial charge in [0.1, 0.15) is 18.6 Å². The highest BCUT2D eigenvalue weighted by Crippen LogP contribution is 2.14. The number of nitrogens with one attached hydrogen (secondary N) is 4. The molecule has 0 rings (SSSR count). The number of carbonyl (C=O) groups excluding carboxylic acids is 4. The predicted molar refractivity (Wildman–Crippen MR) is 179 cm³/mol. The number of nitrogens with two attached hydrogens (primary N) is 1. The third-order valence-corrected chi connectivity index (χ3v) is 7.80. The molecule has 0 heterocycles. The normalized spacial score (nSPS) is 12.0. The van der Waals surface area contributed by atoms with E-state index in [0.29, 0.717) is 25.8 Å². The summed E-state index contributed by atoms with van der Waals surface area (Å²) in [5, 5.41) is 36.3. The number of unbranched alkanes of at least 4 members (excludes halogenated alkanes) is 14. The number of amides is 4. The molecule has 15 heteroatoms. The highest BCUT2D eigenvalue weighted by molar-refractivity contribution is 5.91. The van der Waals surface area contributed by atoms with Gasteiger partial charge < -0.3 is 42.3 Å². The average Bonchev–Trinajstić information content (AvgIpc) is 3.03. The van der Waals surface area contributed by atoms with Crippen molar-refractivity contribution in [1.29, 1.82) is 0 Å². The lowest BCUT2D eigenvalue weighted by atomic mass is 10.0. The first-order chi connectivity index (χ1) is 23.0. The second-order valence-electron chi connectivity index (χ2n) is 12.1. The predicted octanol–water partition coefficient (Wildman–Crippen LogP) is 2.59. The summed E-state index contributed by atoms with van der Waals surface area (Å²) in [5.74, 6) is -5.58. The standard InChI is InChI=1S/C33H59N5O10/c34-22-16-15-17-25(32(46)36-23-29(41)35-24-31(44)45)37-28(40)21-20-26(33(47)48)38-27(39)18-13-11-9-7-5-3-1-2-4-6-8-10-12-14-19-30(42)43/h25-26H,1-24,34H2,(H,35,41)(H,36,46)(H,37,40)(H,38,39)(H,42,43)(H,44,45)(H,47,48). The molecule has 0 aromatic carbocycles. The number of hydrogen-bond donors (Lipinski definition) is 8. The molecule has 276 valence electrons. The summed E-state index contributed by atoms with van der Waals surface area (Å²) in [4.78, 5) is 82.0. The van der Waals surface area contributed by atoms with E-state index in [0.717, 1.165) is 51.4 Å². The third-order valence-electron chi connectivity index (χ3n) is 7.80. The third kappa shape index (κ3) is 27.4. The Hall–Kier alpha value is -3.75. The molecule has 0 saturated carbocycles. The topological polar surface area (TPSA) is 254 Å². The van der Waals surface area contributed by atoms with Crippen LogP contribution in [0.1, 0.15) is 135 Å². The number of hydrogen-bond acceptors (Lipinski definition) is 8. The lowest BCUT2D eigenvalue weighted by Gasteiger charge is -2.19. The fourth-order valence-electron chi connectivity index (χ4n) is 5.04. The molecule has 0 aromatic heterocycles. The Bertz CT molecular complexity index is 978. The fraction of sp³-hybridized carbons (Fsp3) is 0.788. The Kier molecular flexibility index (Phi) is 27.1. The maximum Gasteiger partial charge on any atom is 0.326 e. The maximum absolute atomic E-state index is 12.6. The molecule has 0 saturated heterocycles. The lowest BCUT2D eigenvalue weighted by Crippen LogP contribution is -2.49. The monoisotopic (exact) mass is 685 g/mol. The SMILES string of the molecule is NCCCCC(NC(=O)CCC(NC(=O)CCCCCCCCCCCCCCCCC(=O)O)C(=O)O)C(=O)NCC(=O)NCC(=O)O. The number of rotatable bonds is 32. The summed E-state index contributed by atoms with van der Waals surface area (Å²) in [6.45, 7) is -0.705. The molecule has 0 aliphatic heterocycles. The molecule has 4 amide bonds. The largest absolute Gasteiger partial charge is 0.481 e. The summed E-state index contributed by atoms with van der Waals surface area (Å²) < 4.78 is 0. The fourth-order valence-corrected chi connectivity index (χ4v) is 5.04. The van der Waals surface area contributed by atoms with Gasteiger partial charge in [-0.25, -0.2) is 4.79 Å². The second-order valence-corrected chi connectivity index (χ2v) is 12.1. The van der Waals surface area contributed by atoms with Crippen LogP contribution >= 0.6 is 0 Å². The minimum absolute atomic E-state index is 0.172. The molecule has 0 bridgehead atoms. The second kappa shape index (κ2) is 29.4. The molecule has 2 atom stereocenters. The van der Waals surface area contributed by atoms with E-state index >= 15 is 0 Å². The van der Waals surface area contributed by atoms with Crippen molar-refractivity contribution in [1.82, 2.24) is 21.3 Å². The van der Waals surface area contributed by atoms with Crippen molar-refractivity contribution in [3.05, 3.63) is 0 Å². The average molecular weight is 686 g/mol.